The van der Waals surface area contributed by atoms with Crippen molar-refractivity contribution in [3.63, 3.8) is 0 Å². The van der Waals surface area contributed by atoms with Crippen LogP contribution in [0.25, 0.3) is 0 Å². The standard InChI is InChI=1S/C11H12BrNS/c1-11(2,3)14-9-5-4-8(7-13)10(12)6-9/h4-6H,1-3H3. The van der Waals surface area contributed by atoms with Crippen LogP contribution in [0, 0.1) is 11.3 Å². The van der Waals surface area contributed by atoms with E-state index in [1.165, 1.54) is 4.90 Å². The van der Waals surface area contributed by atoms with E-state index in [0.717, 1.165) is 4.47 Å². The molecule has 0 atom stereocenters. The zero-order chi connectivity index (χ0) is 10.8. The molecule has 0 aliphatic carbocycles. The first kappa shape index (κ1) is 11.6. The Bertz CT molecular complexity index is 374. The average molecular weight is 270 g/mol. The maximum atomic E-state index is 8.76. The topological polar surface area (TPSA) is 23.8 Å². The molecular formula is C11H12BrNS. The number of hydrogen-bond acceptors (Lipinski definition) is 2. The molecule has 74 valence electrons. The zero-order valence-electron chi connectivity index (χ0n) is 8.47. The second-order valence-electron chi connectivity index (χ2n) is 3.97. The number of hydrogen-bond donors (Lipinski definition) is 0. The van der Waals surface area contributed by atoms with Crippen molar-refractivity contribution >= 4 is 27.7 Å². The lowest BCUT2D eigenvalue weighted by Crippen LogP contribution is -2.06. The summed E-state index contributed by atoms with van der Waals surface area (Å²) in [5, 5.41) is 8.76. The van der Waals surface area contributed by atoms with E-state index in [2.05, 4.69) is 42.8 Å². The molecule has 3 heteroatoms. The monoisotopic (exact) mass is 269 g/mol. The number of nitriles is 1. The second kappa shape index (κ2) is 4.37. The fourth-order valence-corrected chi connectivity index (χ4v) is 2.64. The summed E-state index contributed by atoms with van der Waals surface area (Å²) in [7, 11) is 0. The largest absolute Gasteiger partial charge is 0.192 e. The molecule has 14 heavy (non-hydrogen) atoms. The number of rotatable bonds is 1. The van der Waals surface area contributed by atoms with Gasteiger partial charge < -0.3 is 0 Å². The third kappa shape index (κ3) is 3.36. The predicted molar refractivity (Wildman–Crippen MR) is 64.5 cm³/mol. The highest BCUT2D eigenvalue weighted by Gasteiger charge is 2.12. The van der Waals surface area contributed by atoms with Crippen molar-refractivity contribution in [3.8, 4) is 6.07 Å². The van der Waals surface area contributed by atoms with Crippen LogP contribution in [-0.4, -0.2) is 4.75 Å². The summed E-state index contributed by atoms with van der Waals surface area (Å²) in [5.74, 6) is 0. The summed E-state index contributed by atoms with van der Waals surface area (Å²) in [6.45, 7) is 6.51. The van der Waals surface area contributed by atoms with Crippen LogP contribution in [0.3, 0.4) is 0 Å². The molecule has 0 bridgehead atoms. The minimum Gasteiger partial charge on any atom is -0.192 e. The number of benzene rings is 1. The van der Waals surface area contributed by atoms with Crippen molar-refractivity contribution in [2.24, 2.45) is 0 Å². The van der Waals surface area contributed by atoms with Crippen molar-refractivity contribution in [1.29, 1.82) is 5.26 Å². The van der Waals surface area contributed by atoms with Crippen LogP contribution < -0.4 is 0 Å². The van der Waals surface area contributed by atoms with Gasteiger partial charge in [0.1, 0.15) is 6.07 Å². The molecule has 0 fully saturated rings. The van der Waals surface area contributed by atoms with Gasteiger partial charge >= 0.3 is 0 Å². The molecule has 0 aromatic heterocycles. The van der Waals surface area contributed by atoms with Crippen LogP contribution in [-0.2, 0) is 0 Å². The molecule has 0 aliphatic heterocycles. The number of nitrogens with zero attached hydrogens (tertiary/aromatic N) is 1. The van der Waals surface area contributed by atoms with E-state index in [1.54, 1.807) is 11.8 Å². The minimum absolute atomic E-state index is 0.202. The molecule has 0 amide bonds. The Balaban J connectivity index is 2.94. The summed E-state index contributed by atoms with van der Waals surface area (Å²) >= 11 is 5.17. The molecule has 1 aromatic rings. The summed E-state index contributed by atoms with van der Waals surface area (Å²) in [5.41, 5.74) is 0.684. The molecule has 0 saturated carbocycles. The van der Waals surface area contributed by atoms with E-state index >= 15 is 0 Å². The van der Waals surface area contributed by atoms with Crippen molar-refractivity contribution in [2.75, 3.05) is 0 Å². The van der Waals surface area contributed by atoms with E-state index in [-0.39, 0.29) is 4.75 Å². The molecule has 1 aromatic carbocycles. The lowest BCUT2D eigenvalue weighted by Gasteiger charge is -2.17. The molecule has 0 unspecified atom stereocenters. The lowest BCUT2D eigenvalue weighted by molar-refractivity contribution is 0.803. The maximum absolute atomic E-state index is 8.76. The van der Waals surface area contributed by atoms with Gasteiger partial charge in [0.25, 0.3) is 0 Å². The molecule has 0 radical (unpaired) electrons. The average Bonchev–Trinajstić information content (AvgIpc) is 2.01. The Hall–Kier alpha value is -0.460. The normalized spacial score (nSPS) is 11.1. The van der Waals surface area contributed by atoms with E-state index in [1.807, 2.05) is 18.2 Å². The molecule has 1 nitrogen and oxygen atoms in total. The second-order valence-corrected chi connectivity index (χ2v) is 6.72. The molecular weight excluding hydrogens is 258 g/mol. The minimum atomic E-state index is 0.202. The third-order valence-electron chi connectivity index (χ3n) is 1.49. The SMILES string of the molecule is CC(C)(C)Sc1ccc(C#N)c(Br)c1. The Morgan fingerprint density at radius 2 is 2.00 bits per heavy atom. The van der Waals surface area contributed by atoms with Gasteiger partial charge in [-0.25, -0.2) is 0 Å². The van der Waals surface area contributed by atoms with E-state index in [9.17, 15) is 0 Å². The van der Waals surface area contributed by atoms with E-state index in [4.69, 9.17) is 5.26 Å². The third-order valence-corrected chi connectivity index (χ3v) is 3.24. The van der Waals surface area contributed by atoms with Gasteiger partial charge in [-0.1, -0.05) is 20.8 Å². The van der Waals surface area contributed by atoms with Gasteiger partial charge in [0.2, 0.25) is 0 Å². The Kier molecular flexibility index (Phi) is 3.63. The Morgan fingerprint density at radius 3 is 2.43 bits per heavy atom. The van der Waals surface area contributed by atoms with E-state index < -0.39 is 0 Å². The first-order valence-corrected chi connectivity index (χ1v) is 5.92. The van der Waals surface area contributed by atoms with Crippen LogP contribution in [0.1, 0.15) is 26.3 Å². The van der Waals surface area contributed by atoms with Crippen LogP contribution in [0.5, 0.6) is 0 Å². The Labute approximate surface area is 97.6 Å². The molecule has 0 spiro atoms. The van der Waals surface area contributed by atoms with Crippen LogP contribution in [0.4, 0.5) is 0 Å². The smallest absolute Gasteiger partial charge is 0.100 e. The first-order chi connectivity index (χ1) is 6.42. The lowest BCUT2D eigenvalue weighted by atomic mass is 10.2. The quantitative estimate of drug-likeness (QED) is 0.714. The fourth-order valence-electron chi connectivity index (χ4n) is 1.00. The van der Waals surface area contributed by atoms with Gasteiger partial charge in [-0.05, 0) is 34.1 Å². The van der Waals surface area contributed by atoms with Gasteiger partial charge in [-0.3, -0.25) is 0 Å². The maximum Gasteiger partial charge on any atom is 0.100 e. The van der Waals surface area contributed by atoms with Crippen molar-refractivity contribution < 1.29 is 0 Å². The van der Waals surface area contributed by atoms with Crippen LogP contribution in [0.15, 0.2) is 27.6 Å². The predicted octanol–water partition coefficient (Wildman–Crippen LogP) is 4.21. The molecule has 0 aliphatic rings. The number of halogens is 1. The highest BCUT2D eigenvalue weighted by atomic mass is 79.9. The molecule has 0 saturated heterocycles. The molecule has 1 rings (SSSR count). The van der Waals surface area contributed by atoms with Gasteiger partial charge in [0, 0.05) is 14.1 Å². The molecule has 0 heterocycles. The summed E-state index contributed by atoms with van der Waals surface area (Å²) in [6.07, 6.45) is 0. The summed E-state index contributed by atoms with van der Waals surface area (Å²) in [4.78, 5) is 1.18. The first-order valence-electron chi connectivity index (χ1n) is 4.31. The fraction of sp³-hybridized carbons (Fsp3) is 0.364. The van der Waals surface area contributed by atoms with Crippen molar-refractivity contribution in [2.45, 2.75) is 30.4 Å². The van der Waals surface area contributed by atoms with Gasteiger partial charge in [0.05, 0.1) is 5.56 Å². The highest BCUT2D eigenvalue weighted by Crippen LogP contribution is 2.33. The van der Waals surface area contributed by atoms with Gasteiger partial charge in [-0.2, -0.15) is 5.26 Å². The van der Waals surface area contributed by atoms with Crippen molar-refractivity contribution in [1.82, 2.24) is 0 Å². The highest BCUT2D eigenvalue weighted by molar-refractivity contribution is 9.10. The van der Waals surface area contributed by atoms with Gasteiger partial charge in [0.15, 0.2) is 0 Å². The zero-order valence-corrected chi connectivity index (χ0v) is 10.9. The van der Waals surface area contributed by atoms with Crippen LogP contribution >= 0.6 is 27.7 Å². The summed E-state index contributed by atoms with van der Waals surface area (Å²) in [6, 6.07) is 7.95. The van der Waals surface area contributed by atoms with Crippen LogP contribution in [0.2, 0.25) is 0 Å². The van der Waals surface area contributed by atoms with Crippen molar-refractivity contribution in [3.05, 3.63) is 28.2 Å². The van der Waals surface area contributed by atoms with Gasteiger partial charge in [-0.15, -0.1) is 11.8 Å². The van der Waals surface area contributed by atoms with E-state index in [0.29, 0.717) is 5.56 Å². The number of thioether (sulfide) groups is 1. The Morgan fingerprint density at radius 1 is 1.36 bits per heavy atom. The molecule has 0 N–H and O–H groups in total. The summed E-state index contributed by atoms with van der Waals surface area (Å²) < 4.78 is 1.07.